The average molecular weight is 287 g/mol. The summed E-state index contributed by atoms with van der Waals surface area (Å²) >= 11 is 0. The molecule has 1 aromatic heterocycles. The van der Waals surface area contributed by atoms with E-state index in [1.54, 1.807) is 0 Å². The van der Waals surface area contributed by atoms with E-state index in [9.17, 15) is 9.59 Å². The first-order valence-electron chi connectivity index (χ1n) is 7.08. The minimum absolute atomic E-state index is 0.00919. The van der Waals surface area contributed by atoms with Crippen molar-refractivity contribution < 1.29 is 9.59 Å². The Balaban J connectivity index is 1.99. The minimum atomic E-state index is -0.174. The maximum Gasteiger partial charge on any atom is 0.240 e. The molecule has 0 bridgehead atoms. The third-order valence-electron chi connectivity index (χ3n) is 3.22. The van der Waals surface area contributed by atoms with Crippen LogP contribution in [0.25, 0.3) is 10.9 Å². The number of aromatic nitrogens is 1. The number of amides is 2. The van der Waals surface area contributed by atoms with Gasteiger partial charge in [0.15, 0.2) is 0 Å². The summed E-state index contributed by atoms with van der Waals surface area (Å²) in [4.78, 5) is 23.5. The largest absolute Gasteiger partial charge is 0.352 e. The van der Waals surface area contributed by atoms with Gasteiger partial charge in [0.2, 0.25) is 11.8 Å². The van der Waals surface area contributed by atoms with Gasteiger partial charge in [0.05, 0.1) is 6.54 Å². The molecule has 5 heteroatoms. The molecule has 0 atom stereocenters. The molecule has 0 unspecified atom stereocenters. The third-order valence-corrected chi connectivity index (χ3v) is 3.22. The van der Waals surface area contributed by atoms with E-state index >= 15 is 0 Å². The first-order chi connectivity index (χ1) is 9.97. The molecule has 0 radical (unpaired) electrons. The summed E-state index contributed by atoms with van der Waals surface area (Å²) in [5.41, 5.74) is 2.05. The maximum atomic E-state index is 12.0. The molecule has 1 aromatic carbocycles. The highest BCUT2D eigenvalue weighted by molar-refractivity contribution is 5.87. The molecular formula is C16H21N3O2. The van der Waals surface area contributed by atoms with Gasteiger partial charge in [-0.2, -0.15) is 0 Å². The molecule has 0 aliphatic carbocycles. The Morgan fingerprint density at radius 1 is 1.19 bits per heavy atom. The van der Waals surface area contributed by atoms with E-state index in [2.05, 4.69) is 10.6 Å². The molecule has 112 valence electrons. The van der Waals surface area contributed by atoms with Crippen LogP contribution >= 0.6 is 0 Å². The van der Waals surface area contributed by atoms with E-state index in [1.807, 2.05) is 55.7 Å². The highest BCUT2D eigenvalue weighted by Gasteiger charge is 2.10. The monoisotopic (exact) mass is 287 g/mol. The quantitative estimate of drug-likeness (QED) is 0.877. The lowest BCUT2D eigenvalue weighted by Gasteiger charge is -2.11. The van der Waals surface area contributed by atoms with E-state index < -0.39 is 0 Å². The van der Waals surface area contributed by atoms with Crippen molar-refractivity contribution in [3.8, 4) is 0 Å². The Morgan fingerprint density at radius 2 is 1.90 bits per heavy atom. The SMILES string of the molecule is Cc1cc2ccccc2n1CC(=O)NCC(=O)NC(C)C. The first-order valence-corrected chi connectivity index (χ1v) is 7.08. The number of nitrogens with zero attached hydrogens (tertiary/aromatic N) is 1. The molecule has 0 aliphatic heterocycles. The van der Waals surface area contributed by atoms with Gasteiger partial charge in [0.1, 0.15) is 6.54 Å². The molecule has 0 fully saturated rings. The molecule has 0 saturated heterocycles. The zero-order chi connectivity index (χ0) is 15.4. The molecule has 21 heavy (non-hydrogen) atoms. The Labute approximate surface area is 124 Å². The highest BCUT2D eigenvalue weighted by atomic mass is 16.2. The molecule has 0 aliphatic rings. The lowest BCUT2D eigenvalue weighted by Crippen LogP contribution is -2.40. The van der Waals surface area contributed by atoms with Gasteiger partial charge in [-0.15, -0.1) is 0 Å². The summed E-state index contributed by atoms with van der Waals surface area (Å²) in [5, 5.41) is 6.50. The lowest BCUT2D eigenvalue weighted by atomic mass is 10.2. The molecule has 2 aromatic rings. The fourth-order valence-corrected chi connectivity index (χ4v) is 2.31. The van der Waals surface area contributed by atoms with Gasteiger partial charge in [-0.25, -0.2) is 0 Å². The van der Waals surface area contributed by atoms with E-state index in [-0.39, 0.29) is 30.9 Å². The van der Waals surface area contributed by atoms with Crippen molar-refractivity contribution in [2.24, 2.45) is 0 Å². The zero-order valence-corrected chi connectivity index (χ0v) is 12.6. The van der Waals surface area contributed by atoms with Gasteiger partial charge in [0, 0.05) is 17.3 Å². The van der Waals surface area contributed by atoms with Gasteiger partial charge in [-0.05, 0) is 38.3 Å². The number of rotatable bonds is 5. The van der Waals surface area contributed by atoms with Crippen molar-refractivity contribution >= 4 is 22.7 Å². The molecule has 0 spiro atoms. The number of benzene rings is 1. The second-order valence-corrected chi connectivity index (χ2v) is 5.43. The number of para-hydroxylation sites is 1. The second-order valence-electron chi connectivity index (χ2n) is 5.43. The van der Waals surface area contributed by atoms with Crippen LogP contribution in [0, 0.1) is 6.92 Å². The topological polar surface area (TPSA) is 63.1 Å². The summed E-state index contributed by atoms with van der Waals surface area (Å²) in [6, 6.07) is 10.1. The standard InChI is InChI=1S/C16H21N3O2/c1-11(2)18-15(20)9-17-16(21)10-19-12(3)8-13-6-4-5-7-14(13)19/h4-8,11H,9-10H2,1-3H3,(H,17,21)(H,18,20). The van der Waals surface area contributed by atoms with Gasteiger partial charge < -0.3 is 15.2 Å². The van der Waals surface area contributed by atoms with Crippen molar-refractivity contribution in [3.63, 3.8) is 0 Å². The summed E-state index contributed by atoms with van der Waals surface area (Å²) in [6.07, 6.45) is 0. The summed E-state index contributed by atoms with van der Waals surface area (Å²) in [7, 11) is 0. The average Bonchev–Trinajstić information content (AvgIpc) is 2.72. The van der Waals surface area contributed by atoms with Crippen LogP contribution in [0.3, 0.4) is 0 Å². The van der Waals surface area contributed by atoms with Crippen molar-refractivity contribution in [3.05, 3.63) is 36.0 Å². The predicted octanol–water partition coefficient (Wildman–Crippen LogP) is 1.59. The van der Waals surface area contributed by atoms with Crippen LogP contribution in [-0.2, 0) is 16.1 Å². The molecule has 5 nitrogen and oxygen atoms in total. The number of carbonyl (C=O) groups is 2. The van der Waals surface area contributed by atoms with Crippen LogP contribution in [0.15, 0.2) is 30.3 Å². The zero-order valence-electron chi connectivity index (χ0n) is 12.6. The second kappa shape index (κ2) is 6.43. The van der Waals surface area contributed by atoms with E-state index in [0.29, 0.717) is 0 Å². The summed E-state index contributed by atoms with van der Waals surface area (Å²) in [5.74, 6) is -0.342. The number of hydrogen-bond donors (Lipinski definition) is 2. The fraction of sp³-hybridized carbons (Fsp3) is 0.375. The van der Waals surface area contributed by atoms with Crippen LogP contribution < -0.4 is 10.6 Å². The van der Waals surface area contributed by atoms with Crippen LogP contribution in [-0.4, -0.2) is 29.0 Å². The Kier molecular flexibility index (Phi) is 4.62. The number of carbonyl (C=O) groups excluding carboxylic acids is 2. The summed E-state index contributed by atoms with van der Waals surface area (Å²) < 4.78 is 1.95. The van der Waals surface area contributed by atoms with Gasteiger partial charge in [-0.1, -0.05) is 18.2 Å². The molecular weight excluding hydrogens is 266 g/mol. The molecule has 2 N–H and O–H groups in total. The summed E-state index contributed by atoms with van der Waals surface area (Å²) in [6.45, 7) is 5.96. The van der Waals surface area contributed by atoms with Gasteiger partial charge >= 0.3 is 0 Å². The van der Waals surface area contributed by atoms with E-state index in [1.165, 1.54) is 0 Å². The molecule has 1 heterocycles. The number of aryl methyl sites for hydroxylation is 1. The molecule has 2 amide bonds. The lowest BCUT2D eigenvalue weighted by molar-refractivity contribution is -0.126. The molecule has 2 rings (SSSR count). The van der Waals surface area contributed by atoms with E-state index in [0.717, 1.165) is 16.6 Å². The minimum Gasteiger partial charge on any atom is -0.352 e. The number of fused-ring (bicyclic) bond motifs is 1. The predicted molar refractivity (Wildman–Crippen MR) is 83.0 cm³/mol. The fourth-order valence-electron chi connectivity index (χ4n) is 2.31. The van der Waals surface area contributed by atoms with Crippen LogP contribution in [0.1, 0.15) is 19.5 Å². The number of hydrogen-bond acceptors (Lipinski definition) is 2. The normalized spacial score (nSPS) is 10.9. The van der Waals surface area contributed by atoms with E-state index in [4.69, 9.17) is 0 Å². The Hall–Kier alpha value is -2.30. The highest BCUT2D eigenvalue weighted by Crippen LogP contribution is 2.18. The van der Waals surface area contributed by atoms with Crippen molar-refractivity contribution in [2.75, 3.05) is 6.54 Å². The number of nitrogens with one attached hydrogen (secondary N) is 2. The van der Waals surface area contributed by atoms with Crippen molar-refractivity contribution in [1.82, 2.24) is 15.2 Å². The maximum absolute atomic E-state index is 12.0. The Bertz CT molecular complexity index is 659. The van der Waals surface area contributed by atoms with Gasteiger partial charge in [0.25, 0.3) is 0 Å². The van der Waals surface area contributed by atoms with Crippen LogP contribution in [0.5, 0.6) is 0 Å². The van der Waals surface area contributed by atoms with Crippen molar-refractivity contribution in [2.45, 2.75) is 33.4 Å². The Morgan fingerprint density at radius 3 is 2.62 bits per heavy atom. The third kappa shape index (κ3) is 3.84. The van der Waals surface area contributed by atoms with Crippen LogP contribution in [0.4, 0.5) is 0 Å². The van der Waals surface area contributed by atoms with Crippen LogP contribution in [0.2, 0.25) is 0 Å². The first kappa shape index (κ1) is 15.1. The smallest absolute Gasteiger partial charge is 0.240 e. The molecule has 0 saturated carbocycles. The van der Waals surface area contributed by atoms with Crippen molar-refractivity contribution in [1.29, 1.82) is 0 Å². The van der Waals surface area contributed by atoms with Gasteiger partial charge in [-0.3, -0.25) is 9.59 Å².